The third-order valence-corrected chi connectivity index (χ3v) is 4.01. The van der Waals surface area contributed by atoms with Gasteiger partial charge in [-0.2, -0.15) is 4.98 Å². The van der Waals surface area contributed by atoms with Crippen LogP contribution in [0.3, 0.4) is 0 Å². The Labute approximate surface area is 117 Å². The number of hydrogen-bond donors (Lipinski definition) is 2. The normalized spacial score (nSPS) is 26.4. The van der Waals surface area contributed by atoms with E-state index in [9.17, 15) is 4.79 Å². The summed E-state index contributed by atoms with van der Waals surface area (Å²) in [6.45, 7) is 1.86. The molecule has 2 atom stereocenters. The summed E-state index contributed by atoms with van der Waals surface area (Å²) < 4.78 is 7.15. The molecule has 0 amide bonds. The molecular weight excluding hydrogens is 260 g/mol. The molecule has 2 saturated heterocycles. The standard InChI is InChI=1S/C13H20N4O3/c14-12-10(16-5-1-2-6-16)7-17(13(19)15-12)11-4-3-9(8-18)20-11/h7,9,11,18H,1-6,8H2,(H2,14,15,19)/t9-,11+/m0/s1. The summed E-state index contributed by atoms with van der Waals surface area (Å²) in [6.07, 6.45) is 4.91. The zero-order valence-electron chi connectivity index (χ0n) is 11.4. The van der Waals surface area contributed by atoms with E-state index >= 15 is 0 Å². The van der Waals surface area contributed by atoms with Crippen molar-refractivity contribution in [3.63, 3.8) is 0 Å². The number of aromatic nitrogens is 2. The SMILES string of the molecule is Nc1nc(=O)n([C@H]2CC[C@@H](CO)O2)cc1N1CCCC1. The van der Waals surface area contributed by atoms with E-state index in [1.54, 1.807) is 6.20 Å². The predicted molar refractivity (Wildman–Crippen MR) is 74.6 cm³/mol. The van der Waals surface area contributed by atoms with E-state index in [-0.39, 0.29) is 24.8 Å². The number of hydrogen-bond acceptors (Lipinski definition) is 6. The van der Waals surface area contributed by atoms with Crippen LogP contribution in [0.2, 0.25) is 0 Å². The number of ether oxygens (including phenoxy) is 1. The number of nitrogens with zero attached hydrogens (tertiary/aromatic N) is 3. The van der Waals surface area contributed by atoms with Gasteiger partial charge < -0.3 is 20.5 Å². The van der Waals surface area contributed by atoms with Crippen molar-refractivity contribution in [2.75, 3.05) is 30.3 Å². The van der Waals surface area contributed by atoms with Gasteiger partial charge in [0.2, 0.25) is 0 Å². The van der Waals surface area contributed by atoms with Crippen molar-refractivity contribution < 1.29 is 9.84 Å². The molecule has 2 aliphatic heterocycles. The molecule has 0 aromatic carbocycles. The maximum atomic E-state index is 12.0. The molecule has 7 nitrogen and oxygen atoms in total. The highest BCUT2D eigenvalue weighted by molar-refractivity contribution is 5.62. The second-order valence-corrected chi connectivity index (χ2v) is 5.37. The highest BCUT2D eigenvalue weighted by Crippen LogP contribution is 2.29. The monoisotopic (exact) mass is 280 g/mol. The molecule has 0 saturated carbocycles. The molecule has 1 aromatic heterocycles. The van der Waals surface area contributed by atoms with E-state index in [1.807, 2.05) is 0 Å². The molecular formula is C13H20N4O3. The van der Waals surface area contributed by atoms with Crippen molar-refractivity contribution in [1.29, 1.82) is 0 Å². The van der Waals surface area contributed by atoms with Crippen LogP contribution in [0, 0.1) is 0 Å². The Morgan fingerprint density at radius 2 is 2.15 bits per heavy atom. The Morgan fingerprint density at radius 1 is 1.40 bits per heavy atom. The average molecular weight is 280 g/mol. The lowest BCUT2D eigenvalue weighted by molar-refractivity contribution is -0.0244. The zero-order valence-corrected chi connectivity index (χ0v) is 11.4. The molecule has 2 aliphatic rings. The second kappa shape index (κ2) is 5.41. The highest BCUT2D eigenvalue weighted by atomic mass is 16.5. The maximum Gasteiger partial charge on any atom is 0.351 e. The summed E-state index contributed by atoms with van der Waals surface area (Å²) in [5.41, 5.74) is 6.28. The van der Waals surface area contributed by atoms with Gasteiger partial charge in [-0.05, 0) is 25.7 Å². The molecule has 0 bridgehead atoms. The summed E-state index contributed by atoms with van der Waals surface area (Å²) >= 11 is 0. The molecule has 1 aromatic rings. The van der Waals surface area contributed by atoms with Crippen LogP contribution in [0.15, 0.2) is 11.0 Å². The van der Waals surface area contributed by atoms with Crippen molar-refractivity contribution in [3.05, 3.63) is 16.7 Å². The molecule has 2 fully saturated rings. The van der Waals surface area contributed by atoms with Crippen LogP contribution in [0.5, 0.6) is 0 Å². The molecule has 110 valence electrons. The number of aliphatic hydroxyl groups is 1. The fourth-order valence-corrected chi connectivity index (χ4v) is 2.90. The molecule has 0 spiro atoms. The average Bonchev–Trinajstić information content (AvgIpc) is 3.09. The van der Waals surface area contributed by atoms with Crippen molar-refractivity contribution in [1.82, 2.24) is 9.55 Å². The van der Waals surface area contributed by atoms with Gasteiger partial charge in [0.05, 0.1) is 18.4 Å². The van der Waals surface area contributed by atoms with Gasteiger partial charge in [-0.15, -0.1) is 0 Å². The Balaban J connectivity index is 1.90. The molecule has 3 heterocycles. The Hall–Kier alpha value is -1.60. The number of nitrogen functional groups attached to an aromatic ring is 1. The highest BCUT2D eigenvalue weighted by Gasteiger charge is 2.28. The first-order chi connectivity index (χ1) is 9.69. The third-order valence-electron chi connectivity index (χ3n) is 4.01. The van der Waals surface area contributed by atoms with Crippen molar-refractivity contribution in [3.8, 4) is 0 Å². The second-order valence-electron chi connectivity index (χ2n) is 5.37. The van der Waals surface area contributed by atoms with Gasteiger partial charge in [-0.3, -0.25) is 4.57 Å². The number of rotatable bonds is 3. The first-order valence-electron chi connectivity index (χ1n) is 7.09. The van der Waals surface area contributed by atoms with Crippen molar-refractivity contribution in [2.45, 2.75) is 38.0 Å². The van der Waals surface area contributed by atoms with Gasteiger partial charge in [0.25, 0.3) is 0 Å². The third kappa shape index (κ3) is 2.38. The van der Waals surface area contributed by atoms with Crippen LogP contribution < -0.4 is 16.3 Å². The van der Waals surface area contributed by atoms with Gasteiger partial charge in [0, 0.05) is 19.3 Å². The Morgan fingerprint density at radius 3 is 2.80 bits per heavy atom. The van der Waals surface area contributed by atoms with E-state index in [0.29, 0.717) is 6.42 Å². The topological polar surface area (TPSA) is 93.6 Å². The fraction of sp³-hybridized carbons (Fsp3) is 0.692. The van der Waals surface area contributed by atoms with Crippen LogP contribution >= 0.6 is 0 Å². The van der Waals surface area contributed by atoms with Gasteiger partial charge in [0.1, 0.15) is 6.23 Å². The van der Waals surface area contributed by atoms with E-state index in [2.05, 4.69) is 9.88 Å². The number of nitrogens with two attached hydrogens (primary N) is 1. The summed E-state index contributed by atoms with van der Waals surface area (Å²) in [7, 11) is 0. The molecule has 20 heavy (non-hydrogen) atoms. The van der Waals surface area contributed by atoms with E-state index in [1.165, 1.54) is 4.57 Å². The molecule has 3 N–H and O–H groups in total. The zero-order chi connectivity index (χ0) is 14.1. The molecule has 3 rings (SSSR count). The number of anilines is 2. The van der Waals surface area contributed by atoms with Crippen LogP contribution in [0.1, 0.15) is 31.9 Å². The van der Waals surface area contributed by atoms with Crippen molar-refractivity contribution >= 4 is 11.5 Å². The lowest BCUT2D eigenvalue weighted by Gasteiger charge is -2.22. The number of aliphatic hydroxyl groups excluding tert-OH is 1. The summed E-state index contributed by atoms with van der Waals surface area (Å²) in [6, 6.07) is 0. The van der Waals surface area contributed by atoms with E-state index < -0.39 is 5.69 Å². The fourth-order valence-electron chi connectivity index (χ4n) is 2.90. The maximum absolute atomic E-state index is 12.0. The largest absolute Gasteiger partial charge is 0.394 e. The minimum Gasteiger partial charge on any atom is -0.394 e. The quantitative estimate of drug-likeness (QED) is 0.815. The summed E-state index contributed by atoms with van der Waals surface area (Å²) in [5, 5.41) is 9.12. The van der Waals surface area contributed by atoms with Crippen LogP contribution in [0.4, 0.5) is 11.5 Å². The lowest BCUT2D eigenvalue weighted by Crippen LogP contribution is -2.31. The van der Waals surface area contributed by atoms with E-state index in [4.69, 9.17) is 15.6 Å². The van der Waals surface area contributed by atoms with Crippen LogP contribution in [-0.2, 0) is 4.74 Å². The van der Waals surface area contributed by atoms with Crippen LogP contribution in [-0.4, -0.2) is 40.5 Å². The molecule has 0 unspecified atom stereocenters. The minimum atomic E-state index is -0.394. The van der Waals surface area contributed by atoms with Gasteiger partial charge in [0.15, 0.2) is 5.82 Å². The van der Waals surface area contributed by atoms with Gasteiger partial charge in [-0.25, -0.2) is 4.79 Å². The summed E-state index contributed by atoms with van der Waals surface area (Å²) in [5.74, 6) is 0.282. The smallest absolute Gasteiger partial charge is 0.351 e. The lowest BCUT2D eigenvalue weighted by atomic mass is 10.2. The van der Waals surface area contributed by atoms with Crippen molar-refractivity contribution in [2.24, 2.45) is 0 Å². The van der Waals surface area contributed by atoms with E-state index in [0.717, 1.165) is 38.0 Å². The predicted octanol–water partition coefficient (Wildman–Crippen LogP) is 0.0956. The summed E-state index contributed by atoms with van der Waals surface area (Å²) in [4.78, 5) is 18.1. The van der Waals surface area contributed by atoms with Gasteiger partial charge in [-0.1, -0.05) is 0 Å². The molecule has 7 heteroatoms. The van der Waals surface area contributed by atoms with Crippen LogP contribution in [0.25, 0.3) is 0 Å². The first kappa shape index (κ1) is 13.4. The molecule has 0 aliphatic carbocycles. The first-order valence-corrected chi connectivity index (χ1v) is 7.09. The Kier molecular flexibility index (Phi) is 3.62. The molecule has 0 radical (unpaired) electrons. The Bertz CT molecular complexity index is 539. The minimum absolute atomic E-state index is 0.0212. The van der Waals surface area contributed by atoms with Gasteiger partial charge >= 0.3 is 5.69 Å².